The van der Waals surface area contributed by atoms with Crippen molar-refractivity contribution in [2.75, 3.05) is 0 Å². The molecule has 1 aliphatic rings. The summed E-state index contributed by atoms with van der Waals surface area (Å²) in [5, 5.41) is 0. The minimum Gasteiger partial charge on any atom is -0.296 e. The summed E-state index contributed by atoms with van der Waals surface area (Å²) < 4.78 is -0.790. The summed E-state index contributed by atoms with van der Waals surface area (Å²) in [5.74, 6) is -0.0475. The van der Waals surface area contributed by atoms with Crippen LogP contribution in [0, 0.1) is 13.8 Å². The molecule has 2 unspecified atom stereocenters. The predicted octanol–water partition coefficient (Wildman–Crippen LogP) is 5.66. The van der Waals surface area contributed by atoms with Crippen LogP contribution in [0.25, 0.3) is 0 Å². The fourth-order valence-electron chi connectivity index (χ4n) is 3.99. The van der Waals surface area contributed by atoms with Gasteiger partial charge in [0.15, 0.2) is 5.78 Å². The van der Waals surface area contributed by atoms with Gasteiger partial charge < -0.3 is 0 Å². The van der Waals surface area contributed by atoms with Gasteiger partial charge in [-0.3, -0.25) is 4.79 Å². The Morgan fingerprint density at radius 3 is 1.88 bits per heavy atom. The number of carbonyl (C=O) groups is 1. The fourth-order valence-corrected chi connectivity index (χ4v) is 5.03. The lowest BCUT2D eigenvalue weighted by molar-refractivity contribution is -0.120. The lowest BCUT2D eigenvalue weighted by Gasteiger charge is -2.25. The molecule has 2 heteroatoms. The van der Waals surface area contributed by atoms with Gasteiger partial charge in [-0.1, -0.05) is 88.7 Å². The molecule has 0 N–H and O–H groups in total. The van der Waals surface area contributed by atoms with Crippen LogP contribution in [0.2, 0.25) is 0 Å². The molecule has 0 bridgehead atoms. The molecular weight excluding hydrogens is 372 g/mol. The summed E-state index contributed by atoms with van der Waals surface area (Å²) in [6, 6.07) is 24.5. The van der Waals surface area contributed by atoms with E-state index in [1.165, 1.54) is 0 Å². The van der Waals surface area contributed by atoms with Gasteiger partial charge in [-0.15, -0.1) is 0 Å². The van der Waals surface area contributed by atoms with Gasteiger partial charge in [-0.25, -0.2) is 0 Å². The summed E-state index contributed by atoms with van der Waals surface area (Å²) in [4.78, 5) is 13.7. The number of aryl methyl sites for hydroxylation is 2. The van der Waals surface area contributed by atoms with Crippen molar-refractivity contribution in [3.8, 4) is 0 Å². The van der Waals surface area contributed by atoms with Crippen LogP contribution in [0.4, 0.5) is 0 Å². The highest BCUT2D eigenvalue weighted by atomic mass is 79.9. The van der Waals surface area contributed by atoms with Gasteiger partial charge in [-0.05, 0) is 47.2 Å². The number of fused-ring (bicyclic) bond motifs is 1. The van der Waals surface area contributed by atoms with Crippen LogP contribution in [-0.4, -0.2) is 5.78 Å². The normalized spacial score (nSPS) is 22.0. The number of carbonyl (C=O) groups excluding carboxylic acids is 1. The van der Waals surface area contributed by atoms with E-state index in [2.05, 4.69) is 66.2 Å². The highest BCUT2D eigenvalue weighted by Crippen LogP contribution is 2.54. The Balaban J connectivity index is 2.00. The van der Waals surface area contributed by atoms with Gasteiger partial charge in [0.25, 0.3) is 0 Å². The van der Waals surface area contributed by atoms with E-state index in [-0.39, 0.29) is 11.7 Å². The van der Waals surface area contributed by atoms with Gasteiger partial charge in [0.05, 0.1) is 5.92 Å². The Morgan fingerprint density at radius 1 is 0.720 bits per heavy atom. The quantitative estimate of drug-likeness (QED) is 0.516. The van der Waals surface area contributed by atoms with E-state index in [9.17, 15) is 4.79 Å². The lowest BCUT2D eigenvalue weighted by atomic mass is 9.86. The van der Waals surface area contributed by atoms with Crippen molar-refractivity contribution < 1.29 is 4.79 Å². The second kappa shape index (κ2) is 5.96. The molecule has 3 aromatic carbocycles. The van der Waals surface area contributed by atoms with E-state index in [0.29, 0.717) is 0 Å². The number of halogens is 1. The molecule has 0 aromatic heterocycles. The standard InChI is InChI=1S/C23H19BrO/c1-15-9-3-5-11-17(15)21-18-12-6-8-14-20(18)23(24,22(21)25)19-13-7-4-10-16(19)2/h3-14,21H,1-2H3. The highest BCUT2D eigenvalue weighted by molar-refractivity contribution is 9.10. The van der Waals surface area contributed by atoms with Gasteiger partial charge in [0, 0.05) is 0 Å². The molecule has 0 heterocycles. The Kier molecular flexibility index (Phi) is 3.88. The molecule has 1 aliphatic carbocycles. The number of ketones is 1. The number of alkyl halides is 1. The second-order valence-corrected chi connectivity index (χ2v) is 7.90. The number of rotatable bonds is 2. The molecule has 4 rings (SSSR count). The predicted molar refractivity (Wildman–Crippen MR) is 105 cm³/mol. The maximum absolute atomic E-state index is 13.7. The van der Waals surface area contributed by atoms with Crippen molar-refractivity contribution in [2.45, 2.75) is 24.1 Å². The highest BCUT2D eigenvalue weighted by Gasteiger charge is 2.52. The Bertz CT molecular complexity index is 975. The third kappa shape index (κ3) is 2.31. The lowest BCUT2D eigenvalue weighted by Crippen LogP contribution is -2.29. The van der Waals surface area contributed by atoms with Crippen molar-refractivity contribution in [2.24, 2.45) is 0 Å². The molecule has 0 radical (unpaired) electrons. The molecule has 0 saturated heterocycles. The SMILES string of the molecule is Cc1ccccc1C1C(=O)C(Br)(c2ccccc2C)c2ccccc21. The first-order valence-corrected chi connectivity index (χ1v) is 9.28. The van der Waals surface area contributed by atoms with Gasteiger partial charge in [0.2, 0.25) is 0 Å². The molecule has 1 nitrogen and oxygen atoms in total. The van der Waals surface area contributed by atoms with Crippen molar-refractivity contribution in [1.29, 1.82) is 0 Å². The molecule has 3 aromatic rings. The zero-order valence-corrected chi connectivity index (χ0v) is 15.9. The fraction of sp³-hybridized carbons (Fsp3) is 0.174. The number of hydrogen-bond donors (Lipinski definition) is 0. The van der Waals surface area contributed by atoms with E-state index in [1.54, 1.807) is 0 Å². The molecular formula is C23H19BrO. The van der Waals surface area contributed by atoms with Crippen molar-refractivity contribution >= 4 is 21.7 Å². The van der Waals surface area contributed by atoms with Crippen LogP contribution < -0.4 is 0 Å². The van der Waals surface area contributed by atoms with E-state index in [1.807, 2.05) is 36.4 Å². The zero-order chi connectivity index (χ0) is 17.6. The first-order valence-electron chi connectivity index (χ1n) is 8.49. The Morgan fingerprint density at radius 2 is 1.24 bits per heavy atom. The molecule has 0 aliphatic heterocycles. The third-order valence-electron chi connectivity index (χ3n) is 5.26. The molecule has 0 spiro atoms. The van der Waals surface area contributed by atoms with Crippen LogP contribution in [0.5, 0.6) is 0 Å². The topological polar surface area (TPSA) is 17.1 Å². The van der Waals surface area contributed by atoms with Gasteiger partial charge in [-0.2, -0.15) is 0 Å². The Labute approximate surface area is 156 Å². The average molecular weight is 391 g/mol. The van der Waals surface area contributed by atoms with Gasteiger partial charge >= 0.3 is 0 Å². The largest absolute Gasteiger partial charge is 0.296 e. The summed E-state index contributed by atoms with van der Waals surface area (Å²) in [6.45, 7) is 4.14. The number of benzene rings is 3. The maximum Gasteiger partial charge on any atom is 0.170 e. The van der Waals surface area contributed by atoms with Crippen molar-refractivity contribution in [1.82, 2.24) is 0 Å². The number of hydrogen-bond acceptors (Lipinski definition) is 1. The monoisotopic (exact) mass is 390 g/mol. The smallest absolute Gasteiger partial charge is 0.170 e. The minimum atomic E-state index is -0.790. The summed E-state index contributed by atoms with van der Waals surface area (Å²) in [6.07, 6.45) is 0. The van der Waals surface area contributed by atoms with Crippen molar-refractivity contribution in [3.05, 3.63) is 106 Å². The molecule has 25 heavy (non-hydrogen) atoms. The first kappa shape index (κ1) is 16.3. The summed E-state index contributed by atoms with van der Waals surface area (Å²) >= 11 is 3.88. The van der Waals surface area contributed by atoms with Crippen LogP contribution in [0.3, 0.4) is 0 Å². The molecule has 2 atom stereocenters. The minimum absolute atomic E-state index is 0.192. The van der Waals surface area contributed by atoms with Crippen LogP contribution in [0.15, 0.2) is 72.8 Å². The molecule has 0 amide bonds. The van der Waals surface area contributed by atoms with E-state index in [0.717, 1.165) is 33.4 Å². The number of Topliss-reactive ketones (excluding diaryl/α,β-unsaturated/α-hetero) is 1. The van der Waals surface area contributed by atoms with Crippen LogP contribution >= 0.6 is 15.9 Å². The molecule has 0 saturated carbocycles. The Hall–Kier alpha value is -2.19. The first-order chi connectivity index (χ1) is 12.0. The summed E-state index contributed by atoms with van der Waals surface area (Å²) in [7, 11) is 0. The van der Waals surface area contributed by atoms with Gasteiger partial charge in [0.1, 0.15) is 4.32 Å². The summed E-state index contributed by atoms with van der Waals surface area (Å²) in [5.41, 5.74) is 6.55. The molecule has 0 fully saturated rings. The maximum atomic E-state index is 13.7. The molecule has 124 valence electrons. The average Bonchev–Trinajstić information content (AvgIpc) is 2.85. The van der Waals surface area contributed by atoms with Crippen LogP contribution in [0.1, 0.15) is 39.3 Å². The van der Waals surface area contributed by atoms with E-state index < -0.39 is 4.32 Å². The van der Waals surface area contributed by atoms with E-state index >= 15 is 0 Å². The third-order valence-corrected chi connectivity index (χ3v) is 6.51. The zero-order valence-electron chi connectivity index (χ0n) is 14.3. The van der Waals surface area contributed by atoms with Crippen LogP contribution in [-0.2, 0) is 9.12 Å². The van der Waals surface area contributed by atoms with E-state index in [4.69, 9.17) is 0 Å². The van der Waals surface area contributed by atoms with Crippen molar-refractivity contribution in [3.63, 3.8) is 0 Å². The second-order valence-electron chi connectivity index (χ2n) is 6.71.